The fourth-order valence-corrected chi connectivity index (χ4v) is 3.98. The van der Waals surface area contributed by atoms with Crippen LogP contribution in [0.25, 0.3) is 6.08 Å². The minimum Gasteiger partial charge on any atom is -0.478 e. The number of hydrogen-bond donors (Lipinski definition) is 2. The summed E-state index contributed by atoms with van der Waals surface area (Å²) in [7, 11) is 0. The van der Waals surface area contributed by atoms with E-state index in [1.165, 1.54) is 17.8 Å². The number of hydrogen-bond acceptors (Lipinski definition) is 7. The third kappa shape index (κ3) is 8.07. The molecule has 1 aliphatic rings. The van der Waals surface area contributed by atoms with Gasteiger partial charge in [0.15, 0.2) is 0 Å². The van der Waals surface area contributed by atoms with Gasteiger partial charge in [0.25, 0.3) is 0 Å². The standard InChI is InChI=1S/C21H22Cl2N4O4S/c22-17-4-1-14(9-18(17)23)11-27-7-8-31-16(12-27)10-24-19(28)13-32-20-5-2-15(25-26-20)3-6-21(29)30/h1-6,9,16H,7-8,10-13H2,(H,24,28)(H,29,30)/b6-3+/t16-/m0/s1. The Labute approximate surface area is 199 Å². The summed E-state index contributed by atoms with van der Waals surface area (Å²) < 4.78 is 5.77. The van der Waals surface area contributed by atoms with Gasteiger partial charge in [-0.25, -0.2) is 4.79 Å². The summed E-state index contributed by atoms with van der Waals surface area (Å²) >= 11 is 13.3. The summed E-state index contributed by atoms with van der Waals surface area (Å²) in [5, 5.41) is 21.0. The molecule has 0 spiro atoms. The van der Waals surface area contributed by atoms with Crippen LogP contribution in [0.5, 0.6) is 0 Å². The van der Waals surface area contributed by atoms with Gasteiger partial charge in [0, 0.05) is 32.3 Å². The summed E-state index contributed by atoms with van der Waals surface area (Å²) in [5.74, 6) is -0.989. The first-order chi connectivity index (χ1) is 15.4. The Kier molecular flexibility index (Phi) is 9.31. The monoisotopic (exact) mass is 496 g/mol. The van der Waals surface area contributed by atoms with Gasteiger partial charge < -0.3 is 15.2 Å². The van der Waals surface area contributed by atoms with Crippen LogP contribution in [0.1, 0.15) is 11.3 Å². The van der Waals surface area contributed by atoms with Crippen LogP contribution in [0.4, 0.5) is 0 Å². The van der Waals surface area contributed by atoms with Gasteiger partial charge in [-0.15, -0.1) is 5.10 Å². The number of carbonyl (C=O) groups excluding carboxylic acids is 1. The lowest BCUT2D eigenvalue weighted by Crippen LogP contribution is -2.47. The molecule has 1 fully saturated rings. The number of nitrogens with one attached hydrogen (secondary N) is 1. The molecule has 1 amide bonds. The second-order valence-electron chi connectivity index (χ2n) is 7.04. The van der Waals surface area contributed by atoms with Crippen molar-refractivity contribution in [1.29, 1.82) is 0 Å². The average Bonchev–Trinajstić information content (AvgIpc) is 2.78. The third-order valence-electron chi connectivity index (χ3n) is 4.55. The number of benzene rings is 1. The normalized spacial score (nSPS) is 16.9. The van der Waals surface area contributed by atoms with E-state index in [1.807, 2.05) is 12.1 Å². The van der Waals surface area contributed by atoms with E-state index in [-0.39, 0.29) is 17.8 Å². The predicted molar refractivity (Wildman–Crippen MR) is 124 cm³/mol. The Hall–Kier alpha value is -2.17. The molecular weight excluding hydrogens is 475 g/mol. The van der Waals surface area contributed by atoms with Crippen LogP contribution in [-0.4, -0.2) is 70.2 Å². The number of halogens is 2. The van der Waals surface area contributed by atoms with Crippen molar-refractivity contribution < 1.29 is 19.4 Å². The molecule has 1 aromatic carbocycles. The number of amides is 1. The van der Waals surface area contributed by atoms with E-state index >= 15 is 0 Å². The van der Waals surface area contributed by atoms with E-state index < -0.39 is 5.97 Å². The van der Waals surface area contributed by atoms with E-state index in [9.17, 15) is 9.59 Å². The van der Waals surface area contributed by atoms with Gasteiger partial charge in [0.05, 0.1) is 34.2 Å². The molecule has 0 bridgehead atoms. The lowest BCUT2D eigenvalue weighted by Gasteiger charge is -2.33. The molecule has 170 valence electrons. The smallest absolute Gasteiger partial charge is 0.328 e. The number of aliphatic carboxylic acids is 1. The van der Waals surface area contributed by atoms with Crippen molar-refractivity contribution in [3.63, 3.8) is 0 Å². The van der Waals surface area contributed by atoms with E-state index in [0.29, 0.717) is 40.5 Å². The minimum absolute atomic E-state index is 0.0967. The lowest BCUT2D eigenvalue weighted by atomic mass is 10.2. The Morgan fingerprint density at radius 1 is 1.25 bits per heavy atom. The number of carboxylic acid groups (broad SMARTS) is 1. The lowest BCUT2D eigenvalue weighted by molar-refractivity contribution is -0.131. The van der Waals surface area contributed by atoms with Crippen molar-refractivity contribution in [3.05, 3.63) is 57.7 Å². The SMILES string of the molecule is O=C(O)/C=C/c1ccc(SCC(=O)NC[C@H]2CN(Cc3ccc(Cl)c(Cl)c3)CCO2)nn1. The highest BCUT2D eigenvalue weighted by molar-refractivity contribution is 7.99. The fourth-order valence-electron chi connectivity index (χ4n) is 3.01. The first kappa shape index (κ1) is 24.5. The largest absolute Gasteiger partial charge is 0.478 e. The molecule has 1 aromatic heterocycles. The summed E-state index contributed by atoms with van der Waals surface area (Å²) in [5.41, 5.74) is 1.51. The molecule has 1 saturated heterocycles. The highest BCUT2D eigenvalue weighted by atomic mass is 35.5. The summed E-state index contributed by atoms with van der Waals surface area (Å²) in [4.78, 5) is 25.0. The van der Waals surface area contributed by atoms with Gasteiger partial charge >= 0.3 is 5.97 Å². The van der Waals surface area contributed by atoms with E-state index in [2.05, 4.69) is 20.4 Å². The number of nitrogens with zero attached hydrogens (tertiary/aromatic N) is 3. The minimum atomic E-state index is -1.05. The van der Waals surface area contributed by atoms with Crippen LogP contribution >= 0.6 is 35.0 Å². The van der Waals surface area contributed by atoms with Crippen LogP contribution in [0.3, 0.4) is 0 Å². The number of thioether (sulfide) groups is 1. The Balaban J connectivity index is 1.39. The third-order valence-corrected chi connectivity index (χ3v) is 6.21. The summed E-state index contributed by atoms with van der Waals surface area (Å²) in [6.45, 7) is 3.24. The van der Waals surface area contributed by atoms with Gasteiger partial charge in [0.2, 0.25) is 5.91 Å². The zero-order chi connectivity index (χ0) is 22.9. The maximum atomic E-state index is 12.2. The average molecular weight is 497 g/mol. The Bertz CT molecular complexity index is 975. The molecule has 8 nitrogen and oxygen atoms in total. The molecule has 0 aliphatic carbocycles. The molecule has 2 N–H and O–H groups in total. The molecule has 0 saturated carbocycles. The zero-order valence-electron chi connectivity index (χ0n) is 17.0. The topological polar surface area (TPSA) is 105 Å². The van der Waals surface area contributed by atoms with Gasteiger partial charge in [-0.05, 0) is 35.9 Å². The first-order valence-electron chi connectivity index (χ1n) is 9.81. The molecule has 3 rings (SSSR count). The molecule has 32 heavy (non-hydrogen) atoms. The Morgan fingerprint density at radius 3 is 2.81 bits per heavy atom. The maximum absolute atomic E-state index is 12.2. The van der Waals surface area contributed by atoms with Crippen LogP contribution in [0, 0.1) is 0 Å². The fraction of sp³-hybridized carbons (Fsp3) is 0.333. The molecule has 2 heterocycles. The number of carbonyl (C=O) groups is 2. The molecular formula is C21H22Cl2N4O4S. The quantitative estimate of drug-likeness (QED) is 0.403. The van der Waals surface area contributed by atoms with Crippen LogP contribution in [0.15, 0.2) is 41.4 Å². The predicted octanol–water partition coefficient (Wildman–Crippen LogP) is 2.99. The van der Waals surface area contributed by atoms with Crippen LogP contribution < -0.4 is 5.32 Å². The molecule has 11 heteroatoms. The van der Waals surface area contributed by atoms with Gasteiger partial charge in [-0.1, -0.05) is 41.0 Å². The summed E-state index contributed by atoms with van der Waals surface area (Å²) in [6, 6.07) is 8.95. The van der Waals surface area contributed by atoms with E-state index in [4.69, 9.17) is 33.0 Å². The maximum Gasteiger partial charge on any atom is 0.328 e. The molecule has 2 aromatic rings. The van der Waals surface area contributed by atoms with Crippen molar-refractivity contribution in [2.45, 2.75) is 17.7 Å². The summed E-state index contributed by atoms with van der Waals surface area (Å²) in [6.07, 6.45) is 2.25. The molecule has 0 unspecified atom stereocenters. The zero-order valence-corrected chi connectivity index (χ0v) is 19.4. The van der Waals surface area contributed by atoms with Crippen molar-refractivity contribution in [2.24, 2.45) is 0 Å². The number of morpholine rings is 1. The van der Waals surface area contributed by atoms with Crippen molar-refractivity contribution in [1.82, 2.24) is 20.4 Å². The van der Waals surface area contributed by atoms with Crippen molar-refractivity contribution in [3.8, 4) is 0 Å². The van der Waals surface area contributed by atoms with Gasteiger partial charge in [-0.3, -0.25) is 9.69 Å². The first-order valence-corrected chi connectivity index (χ1v) is 11.6. The number of aromatic nitrogens is 2. The molecule has 1 atom stereocenters. The highest BCUT2D eigenvalue weighted by Gasteiger charge is 2.21. The van der Waals surface area contributed by atoms with E-state index in [1.54, 1.807) is 18.2 Å². The Morgan fingerprint density at radius 2 is 2.09 bits per heavy atom. The number of rotatable bonds is 9. The number of carboxylic acids is 1. The van der Waals surface area contributed by atoms with Crippen molar-refractivity contribution >= 4 is 52.9 Å². The second-order valence-corrected chi connectivity index (χ2v) is 8.85. The molecule has 0 radical (unpaired) electrons. The van der Waals surface area contributed by atoms with Crippen LogP contribution in [0.2, 0.25) is 10.0 Å². The van der Waals surface area contributed by atoms with Crippen LogP contribution in [-0.2, 0) is 20.9 Å². The van der Waals surface area contributed by atoms with Crippen molar-refractivity contribution in [2.75, 3.05) is 32.0 Å². The number of ether oxygens (including phenoxy) is 1. The van der Waals surface area contributed by atoms with Gasteiger partial charge in [0.1, 0.15) is 5.03 Å². The second kappa shape index (κ2) is 12.2. The highest BCUT2D eigenvalue weighted by Crippen LogP contribution is 2.23. The molecule has 1 aliphatic heterocycles. The van der Waals surface area contributed by atoms with E-state index in [0.717, 1.165) is 24.7 Å². The van der Waals surface area contributed by atoms with Gasteiger partial charge in [-0.2, -0.15) is 5.10 Å².